The van der Waals surface area contributed by atoms with E-state index in [-0.39, 0.29) is 21.5 Å². The molecule has 3 rings (SSSR count). The third kappa shape index (κ3) is 4.17. The molecule has 1 amide bonds. The molecule has 0 aromatic heterocycles. The molecule has 0 spiro atoms. The third-order valence-electron chi connectivity index (χ3n) is 3.65. The maximum atomic E-state index is 12.4. The van der Waals surface area contributed by atoms with E-state index in [0.717, 1.165) is 12.8 Å². The number of amides is 1. The number of carbonyl (C=O) groups is 1. The molecular formula is C17H14ClN3O3S. The first-order chi connectivity index (χ1) is 11.9. The average molecular weight is 376 g/mol. The molecule has 1 aliphatic carbocycles. The van der Waals surface area contributed by atoms with Crippen LogP contribution >= 0.6 is 11.6 Å². The Labute approximate surface area is 150 Å². The van der Waals surface area contributed by atoms with Crippen LogP contribution in [0.5, 0.6) is 0 Å². The lowest BCUT2D eigenvalue weighted by atomic mass is 10.2. The fourth-order valence-electron chi connectivity index (χ4n) is 2.18. The van der Waals surface area contributed by atoms with Crippen LogP contribution in [0.25, 0.3) is 0 Å². The minimum atomic E-state index is -3.63. The van der Waals surface area contributed by atoms with Crippen molar-refractivity contribution in [3.05, 3.63) is 58.6 Å². The van der Waals surface area contributed by atoms with E-state index in [1.165, 1.54) is 36.4 Å². The van der Waals surface area contributed by atoms with Crippen LogP contribution in [0.3, 0.4) is 0 Å². The number of nitrogens with one attached hydrogen (secondary N) is 2. The van der Waals surface area contributed by atoms with E-state index in [4.69, 9.17) is 16.9 Å². The highest BCUT2D eigenvalue weighted by Gasteiger charge is 2.28. The lowest BCUT2D eigenvalue weighted by Gasteiger charge is -2.09. The largest absolute Gasteiger partial charge is 0.322 e. The van der Waals surface area contributed by atoms with Gasteiger partial charge in [0.05, 0.1) is 15.5 Å². The van der Waals surface area contributed by atoms with Crippen LogP contribution in [0, 0.1) is 11.3 Å². The van der Waals surface area contributed by atoms with Gasteiger partial charge < -0.3 is 5.32 Å². The molecule has 0 radical (unpaired) electrons. The molecule has 2 aromatic rings. The first-order valence-corrected chi connectivity index (χ1v) is 9.38. The van der Waals surface area contributed by atoms with Gasteiger partial charge in [-0.25, -0.2) is 13.1 Å². The van der Waals surface area contributed by atoms with Gasteiger partial charge in [-0.1, -0.05) is 17.7 Å². The van der Waals surface area contributed by atoms with Crippen LogP contribution in [0.4, 0.5) is 5.69 Å². The van der Waals surface area contributed by atoms with Gasteiger partial charge in [-0.3, -0.25) is 4.79 Å². The van der Waals surface area contributed by atoms with Gasteiger partial charge in [0.1, 0.15) is 6.07 Å². The SMILES string of the molecule is N#Cc1ccc(NC(=O)c2cccc(S(=O)(=O)NC3CC3)c2)cc1Cl. The Balaban J connectivity index is 1.79. The summed E-state index contributed by atoms with van der Waals surface area (Å²) in [5.74, 6) is -0.468. The maximum Gasteiger partial charge on any atom is 0.255 e. The Morgan fingerprint density at radius 1 is 1.20 bits per heavy atom. The van der Waals surface area contributed by atoms with E-state index in [1.54, 1.807) is 6.07 Å². The van der Waals surface area contributed by atoms with Gasteiger partial charge in [-0.2, -0.15) is 5.26 Å². The summed E-state index contributed by atoms with van der Waals surface area (Å²) in [7, 11) is -3.63. The molecule has 0 heterocycles. The first-order valence-electron chi connectivity index (χ1n) is 7.52. The van der Waals surface area contributed by atoms with Gasteiger partial charge in [0, 0.05) is 17.3 Å². The summed E-state index contributed by atoms with van der Waals surface area (Å²) in [6, 6.07) is 12.2. The number of anilines is 1. The zero-order valence-electron chi connectivity index (χ0n) is 13.0. The Kier molecular flexibility index (Phi) is 4.77. The molecule has 1 aliphatic rings. The smallest absolute Gasteiger partial charge is 0.255 e. The topological polar surface area (TPSA) is 99.1 Å². The number of sulfonamides is 1. The molecule has 0 aliphatic heterocycles. The van der Waals surface area contributed by atoms with E-state index in [1.807, 2.05) is 6.07 Å². The summed E-state index contributed by atoms with van der Waals surface area (Å²) in [4.78, 5) is 12.4. The number of halogens is 1. The summed E-state index contributed by atoms with van der Waals surface area (Å²) in [5, 5.41) is 11.7. The quantitative estimate of drug-likeness (QED) is 0.839. The Morgan fingerprint density at radius 3 is 2.60 bits per heavy atom. The van der Waals surface area contributed by atoms with E-state index in [9.17, 15) is 13.2 Å². The lowest BCUT2D eigenvalue weighted by Crippen LogP contribution is -2.26. The molecule has 25 heavy (non-hydrogen) atoms. The molecule has 0 atom stereocenters. The summed E-state index contributed by atoms with van der Waals surface area (Å²) in [5.41, 5.74) is 0.927. The highest BCUT2D eigenvalue weighted by Crippen LogP contribution is 2.23. The van der Waals surface area contributed by atoms with Crippen molar-refractivity contribution in [1.82, 2.24) is 4.72 Å². The standard InChI is InChI=1S/C17H14ClN3O3S/c18-16-9-14(5-4-12(16)10-19)20-17(22)11-2-1-3-15(8-11)25(23,24)21-13-6-7-13/h1-5,8-9,13,21H,6-7H2,(H,20,22). The van der Waals surface area contributed by atoms with Crippen LogP contribution < -0.4 is 10.0 Å². The fourth-order valence-corrected chi connectivity index (χ4v) is 3.75. The summed E-state index contributed by atoms with van der Waals surface area (Å²) < 4.78 is 27.1. The number of nitrogens with zero attached hydrogens (tertiary/aromatic N) is 1. The van der Waals surface area contributed by atoms with E-state index in [0.29, 0.717) is 11.3 Å². The molecule has 8 heteroatoms. The highest BCUT2D eigenvalue weighted by atomic mass is 35.5. The van der Waals surface area contributed by atoms with Crippen molar-refractivity contribution < 1.29 is 13.2 Å². The number of nitriles is 1. The summed E-state index contributed by atoms with van der Waals surface area (Å²) in [6.45, 7) is 0. The van der Waals surface area contributed by atoms with Crippen molar-refractivity contribution in [3.63, 3.8) is 0 Å². The Hall–Kier alpha value is -2.40. The van der Waals surface area contributed by atoms with Gasteiger partial charge in [0.2, 0.25) is 10.0 Å². The normalized spacial score (nSPS) is 13.9. The molecule has 1 fully saturated rings. The average Bonchev–Trinajstić information content (AvgIpc) is 3.38. The van der Waals surface area contributed by atoms with Crippen LogP contribution in [0.15, 0.2) is 47.4 Å². The van der Waals surface area contributed by atoms with Crippen molar-refractivity contribution in [2.45, 2.75) is 23.8 Å². The maximum absolute atomic E-state index is 12.4. The number of rotatable bonds is 5. The molecule has 128 valence electrons. The monoisotopic (exact) mass is 375 g/mol. The van der Waals surface area contributed by atoms with Crippen LogP contribution in [-0.4, -0.2) is 20.4 Å². The zero-order valence-corrected chi connectivity index (χ0v) is 14.6. The molecule has 0 saturated heterocycles. The van der Waals surface area contributed by atoms with E-state index >= 15 is 0 Å². The Morgan fingerprint density at radius 2 is 1.96 bits per heavy atom. The summed E-state index contributed by atoms with van der Waals surface area (Å²) >= 11 is 5.94. The molecule has 2 aromatic carbocycles. The highest BCUT2D eigenvalue weighted by molar-refractivity contribution is 7.89. The zero-order chi connectivity index (χ0) is 18.0. The van der Waals surface area contributed by atoms with Gasteiger partial charge in [-0.05, 0) is 49.2 Å². The second-order valence-electron chi connectivity index (χ2n) is 5.68. The number of hydrogen-bond acceptors (Lipinski definition) is 4. The second kappa shape index (κ2) is 6.84. The van der Waals surface area contributed by atoms with Gasteiger partial charge >= 0.3 is 0 Å². The third-order valence-corrected chi connectivity index (χ3v) is 5.48. The van der Waals surface area contributed by atoms with Crippen LogP contribution in [0.1, 0.15) is 28.8 Å². The molecule has 1 saturated carbocycles. The van der Waals surface area contributed by atoms with Crippen LogP contribution in [-0.2, 0) is 10.0 Å². The first kappa shape index (κ1) is 17.4. The van der Waals surface area contributed by atoms with Crippen molar-refractivity contribution in [2.24, 2.45) is 0 Å². The van der Waals surface area contributed by atoms with Crippen molar-refractivity contribution in [2.75, 3.05) is 5.32 Å². The minimum absolute atomic E-state index is 0.0109. The van der Waals surface area contributed by atoms with Gasteiger partial charge in [0.25, 0.3) is 5.91 Å². The summed E-state index contributed by atoms with van der Waals surface area (Å²) in [6.07, 6.45) is 1.66. The van der Waals surface area contributed by atoms with Crippen LogP contribution in [0.2, 0.25) is 5.02 Å². The second-order valence-corrected chi connectivity index (χ2v) is 7.81. The molecule has 0 bridgehead atoms. The lowest BCUT2D eigenvalue weighted by molar-refractivity contribution is 0.102. The van der Waals surface area contributed by atoms with Crippen molar-refractivity contribution in [1.29, 1.82) is 5.26 Å². The minimum Gasteiger partial charge on any atom is -0.322 e. The molecular weight excluding hydrogens is 362 g/mol. The van der Waals surface area contributed by atoms with E-state index in [2.05, 4.69) is 10.0 Å². The Bertz CT molecular complexity index is 979. The predicted octanol–water partition coefficient (Wildman–Crippen LogP) is 2.90. The molecule has 6 nitrogen and oxygen atoms in total. The predicted molar refractivity (Wildman–Crippen MR) is 93.9 cm³/mol. The van der Waals surface area contributed by atoms with Gasteiger partial charge in [-0.15, -0.1) is 0 Å². The number of carbonyl (C=O) groups excluding carboxylic acids is 1. The molecule has 0 unspecified atom stereocenters. The number of hydrogen-bond donors (Lipinski definition) is 2. The van der Waals surface area contributed by atoms with Gasteiger partial charge in [0.15, 0.2) is 0 Å². The fraction of sp³-hybridized carbons (Fsp3) is 0.176. The molecule has 2 N–H and O–H groups in total. The number of benzene rings is 2. The van der Waals surface area contributed by atoms with E-state index < -0.39 is 15.9 Å². The van der Waals surface area contributed by atoms with Crippen molar-refractivity contribution >= 4 is 33.2 Å². The van der Waals surface area contributed by atoms with Crippen molar-refractivity contribution in [3.8, 4) is 6.07 Å².